The molecule has 2 fully saturated rings. The van der Waals surface area contributed by atoms with Crippen molar-refractivity contribution in [1.29, 1.82) is 0 Å². The van der Waals surface area contributed by atoms with Gasteiger partial charge in [0.1, 0.15) is 5.82 Å². The van der Waals surface area contributed by atoms with Crippen molar-refractivity contribution in [2.75, 3.05) is 12.3 Å². The monoisotopic (exact) mass is 538 g/mol. The molecule has 0 spiro atoms. The number of piperidine rings is 1. The van der Waals surface area contributed by atoms with Crippen molar-refractivity contribution in [3.05, 3.63) is 46.1 Å². The molecule has 12 heteroatoms. The number of thioether (sulfide) groups is 1. The normalized spacial score (nSPS) is 20.9. The molecule has 2 atom stereocenters. The molecule has 2 unspecified atom stereocenters. The number of ether oxygens (including phenoxy) is 1. The third-order valence-electron chi connectivity index (χ3n) is 6.72. The van der Waals surface area contributed by atoms with Crippen LogP contribution in [0.4, 0.5) is 4.39 Å². The summed E-state index contributed by atoms with van der Waals surface area (Å²) in [7, 11) is 0. The van der Waals surface area contributed by atoms with E-state index >= 15 is 0 Å². The number of carbonyl (C=O) groups is 2. The van der Waals surface area contributed by atoms with Crippen LogP contribution in [-0.4, -0.2) is 71.9 Å². The van der Waals surface area contributed by atoms with Crippen LogP contribution in [0.5, 0.6) is 0 Å². The van der Waals surface area contributed by atoms with Crippen molar-refractivity contribution in [1.82, 2.24) is 19.2 Å². The number of hydrogen-bond donors (Lipinski definition) is 2. The predicted octanol–water partition coefficient (Wildman–Crippen LogP) is 3.07. The maximum absolute atomic E-state index is 13.9. The number of fused-ring (bicyclic) bond motifs is 2. The summed E-state index contributed by atoms with van der Waals surface area (Å²) in [4.78, 5) is 33.4. The van der Waals surface area contributed by atoms with Crippen LogP contribution in [0.1, 0.15) is 51.5 Å². The van der Waals surface area contributed by atoms with E-state index < -0.39 is 11.9 Å². The third-order valence-corrected chi connectivity index (χ3v) is 7.57. The van der Waals surface area contributed by atoms with Crippen LogP contribution in [0, 0.1) is 5.82 Å². The molecule has 2 aromatic rings. The Morgan fingerprint density at radius 3 is 2.32 bits per heavy atom. The van der Waals surface area contributed by atoms with Gasteiger partial charge in [-0.15, -0.1) is 5.10 Å². The zero-order valence-corrected chi connectivity index (χ0v) is 22.0. The van der Waals surface area contributed by atoms with Gasteiger partial charge in [-0.05, 0) is 50.8 Å². The second kappa shape index (κ2) is 13.7. The number of aryl methyl sites for hydroxylation is 1. The van der Waals surface area contributed by atoms with E-state index in [-0.39, 0.29) is 17.6 Å². The van der Waals surface area contributed by atoms with Crippen molar-refractivity contribution >= 4 is 23.7 Å². The fourth-order valence-electron chi connectivity index (χ4n) is 5.02. The molecule has 10 nitrogen and oxygen atoms in total. The summed E-state index contributed by atoms with van der Waals surface area (Å²) in [6, 6.07) is 7.91. The first kappa shape index (κ1) is 28.9. The van der Waals surface area contributed by atoms with E-state index in [0.717, 1.165) is 36.7 Å². The molecule has 4 rings (SSSR count). The molecular formula is C25H35FN4O6S. The number of halogens is 1. The predicted molar refractivity (Wildman–Crippen MR) is 136 cm³/mol. The average Bonchev–Trinajstić information content (AvgIpc) is 3.29. The second-order valence-corrected chi connectivity index (χ2v) is 10.3. The number of hydrogen-bond acceptors (Lipinski definition) is 7. The number of benzene rings is 1. The SMILES string of the molecule is CCSc1nn(CCCN2C3CCC2CC(OCc2ccccc2F)C3)c(=O)n1CC.O=C(O)C(=O)O. The minimum absolute atomic E-state index is 0.00155. The summed E-state index contributed by atoms with van der Waals surface area (Å²) >= 11 is 1.62. The van der Waals surface area contributed by atoms with Gasteiger partial charge in [-0.1, -0.05) is 36.9 Å². The summed E-state index contributed by atoms with van der Waals surface area (Å²) in [6.07, 6.45) is 5.53. The molecule has 1 aromatic heterocycles. The van der Waals surface area contributed by atoms with Gasteiger partial charge < -0.3 is 14.9 Å². The number of carboxylic acid groups (broad SMARTS) is 2. The van der Waals surface area contributed by atoms with E-state index in [1.165, 1.54) is 18.9 Å². The zero-order valence-electron chi connectivity index (χ0n) is 21.2. The third kappa shape index (κ3) is 7.65. The molecule has 0 amide bonds. The van der Waals surface area contributed by atoms with Crippen molar-refractivity contribution in [2.45, 2.75) is 89.0 Å². The summed E-state index contributed by atoms with van der Waals surface area (Å²) in [5, 5.41) is 20.1. The van der Waals surface area contributed by atoms with Gasteiger partial charge in [0.05, 0.1) is 12.7 Å². The fraction of sp³-hybridized carbons (Fsp3) is 0.600. The van der Waals surface area contributed by atoms with Gasteiger partial charge in [0.2, 0.25) is 0 Å². The first-order valence-corrected chi connectivity index (χ1v) is 13.6. The minimum atomic E-state index is -1.82. The fourth-order valence-corrected chi connectivity index (χ4v) is 5.80. The summed E-state index contributed by atoms with van der Waals surface area (Å²) in [5.74, 6) is -2.93. The van der Waals surface area contributed by atoms with Gasteiger partial charge in [0.25, 0.3) is 0 Å². The maximum Gasteiger partial charge on any atom is 0.414 e. The van der Waals surface area contributed by atoms with Crippen LogP contribution in [0.3, 0.4) is 0 Å². The van der Waals surface area contributed by atoms with Crippen molar-refractivity contribution < 1.29 is 28.9 Å². The molecule has 1 aromatic carbocycles. The van der Waals surface area contributed by atoms with Crippen molar-refractivity contribution in [3.8, 4) is 0 Å². The zero-order chi connectivity index (χ0) is 26.9. The van der Waals surface area contributed by atoms with E-state index in [2.05, 4.69) is 16.9 Å². The number of rotatable bonds is 10. The summed E-state index contributed by atoms with van der Waals surface area (Å²) in [6.45, 7) is 6.71. The Kier molecular flexibility index (Phi) is 10.7. The van der Waals surface area contributed by atoms with Crippen molar-refractivity contribution in [2.24, 2.45) is 0 Å². The van der Waals surface area contributed by atoms with Gasteiger partial charge in [0, 0.05) is 37.3 Å². The standard InChI is InChI=1S/C23H33FN4O2S.C2H2O4/c1-3-26-22(31-4-2)25-28(23(26)29)13-7-12-27-18-10-11-19(27)15-20(14-18)30-16-17-8-5-6-9-21(17)24;3-1(4)2(5)6/h5-6,8-9,18-20H,3-4,7,10-16H2,1-2H3;(H,3,4)(H,5,6). The molecule has 0 saturated carbocycles. The molecule has 2 saturated heterocycles. The van der Waals surface area contributed by atoms with Crippen LogP contribution < -0.4 is 5.69 Å². The molecule has 3 heterocycles. The smallest absolute Gasteiger partial charge is 0.414 e. The summed E-state index contributed by atoms with van der Waals surface area (Å²) in [5.41, 5.74) is 0.636. The Labute approximate surface area is 219 Å². The minimum Gasteiger partial charge on any atom is -0.473 e. The van der Waals surface area contributed by atoms with Crippen LogP contribution >= 0.6 is 11.8 Å². The van der Waals surface area contributed by atoms with Crippen LogP contribution in [0.25, 0.3) is 0 Å². The Hall–Kier alpha value is -2.70. The average molecular weight is 539 g/mol. The van der Waals surface area contributed by atoms with Crippen LogP contribution in [0.15, 0.2) is 34.2 Å². The van der Waals surface area contributed by atoms with Crippen LogP contribution in [-0.2, 0) is 34.0 Å². The van der Waals surface area contributed by atoms with Gasteiger partial charge in [-0.3, -0.25) is 9.47 Å². The summed E-state index contributed by atoms with van der Waals surface area (Å²) < 4.78 is 23.3. The molecule has 0 aliphatic carbocycles. The van der Waals surface area contributed by atoms with Crippen molar-refractivity contribution in [3.63, 3.8) is 0 Å². The van der Waals surface area contributed by atoms with E-state index in [0.29, 0.717) is 37.3 Å². The van der Waals surface area contributed by atoms with E-state index in [1.807, 2.05) is 13.0 Å². The Morgan fingerprint density at radius 1 is 1.11 bits per heavy atom. The molecule has 2 bridgehead atoms. The Morgan fingerprint density at radius 2 is 1.76 bits per heavy atom. The Bertz CT molecular complexity index is 1100. The lowest BCUT2D eigenvalue weighted by molar-refractivity contribution is -0.159. The Balaban J connectivity index is 0.000000568. The molecule has 204 valence electrons. The van der Waals surface area contributed by atoms with Gasteiger partial charge in [-0.25, -0.2) is 23.5 Å². The van der Waals surface area contributed by atoms with Gasteiger partial charge >= 0.3 is 17.6 Å². The number of aromatic nitrogens is 3. The molecule has 0 radical (unpaired) electrons. The molecular weight excluding hydrogens is 503 g/mol. The van der Waals surface area contributed by atoms with Gasteiger partial charge in [0.15, 0.2) is 5.16 Å². The second-order valence-electron chi connectivity index (χ2n) is 9.05. The van der Waals surface area contributed by atoms with E-state index in [1.54, 1.807) is 33.1 Å². The highest BCUT2D eigenvalue weighted by Crippen LogP contribution is 2.37. The van der Waals surface area contributed by atoms with Gasteiger partial charge in [-0.2, -0.15) is 0 Å². The lowest BCUT2D eigenvalue weighted by atomic mass is 9.99. The molecule has 2 aliphatic rings. The molecule has 2 N–H and O–H groups in total. The first-order chi connectivity index (χ1) is 17.7. The number of carboxylic acids is 2. The lowest BCUT2D eigenvalue weighted by Crippen LogP contribution is -2.46. The highest BCUT2D eigenvalue weighted by atomic mass is 32.2. The van der Waals surface area contributed by atoms with E-state index in [4.69, 9.17) is 24.5 Å². The lowest BCUT2D eigenvalue weighted by Gasteiger charge is -2.38. The highest BCUT2D eigenvalue weighted by Gasteiger charge is 2.40. The number of aliphatic carboxylic acids is 2. The van der Waals surface area contributed by atoms with Crippen LogP contribution in [0.2, 0.25) is 0 Å². The highest BCUT2D eigenvalue weighted by molar-refractivity contribution is 7.99. The molecule has 2 aliphatic heterocycles. The molecule has 37 heavy (non-hydrogen) atoms. The topological polar surface area (TPSA) is 127 Å². The van der Waals surface area contributed by atoms with E-state index in [9.17, 15) is 9.18 Å². The first-order valence-electron chi connectivity index (χ1n) is 12.6. The maximum atomic E-state index is 13.9. The number of nitrogens with zero attached hydrogens (tertiary/aromatic N) is 4. The quantitative estimate of drug-likeness (QED) is 0.347. The largest absolute Gasteiger partial charge is 0.473 e.